The summed E-state index contributed by atoms with van der Waals surface area (Å²) in [7, 11) is 1.50. The van der Waals surface area contributed by atoms with E-state index in [-0.39, 0.29) is 17.5 Å². The fraction of sp³-hybridized carbons (Fsp3) is 0.971. The first-order valence-corrected chi connectivity index (χ1v) is 17.6. The Bertz CT molecular complexity index is 827. The van der Waals surface area contributed by atoms with E-state index in [9.17, 15) is 9.90 Å². The summed E-state index contributed by atoms with van der Waals surface area (Å²) in [6, 6.07) is 0.514. The van der Waals surface area contributed by atoms with E-state index < -0.39 is 0 Å². The maximum absolute atomic E-state index is 11.8. The summed E-state index contributed by atoms with van der Waals surface area (Å²) in [5.41, 5.74) is 6.09. The van der Waals surface area contributed by atoms with Crippen molar-refractivity contribution < 1.29 is 24.1 Å². The van der Waals surface area contributed by atoms with Crippen molar-refractivity contribution >= 4 is 5.97 Å². The normalized spacial score (nSPS) is 38.4. The predicted molar refractivity (Wildman–Crippen MR) is 168 cm³/mol. The Hall–Kier alpha value is -0.730. The second-order valence-electron chi connectivity index (χ2n) is 15.0. The predicted octanol–water partition coefficient (Wildman–Crippen LogP) is 5.72. The number of hydrogen-bond acceptors (Lipinski definition) is 7. The average Bonchev–Trinajstić information content (AvgIpc) is 3.34. The lowest BCUT2D eigenvalue weighted by atomic mass is 9.43. The van der Waals surface area contributed by atoms with Gasteiger partial charge in [0, 0.05) is 38.9 Å². The molecule has 0 aromatic heterocycles. The molecule has 0 spiro atoms. The largest absolute Gasteiger partial charge is 0.469 e. The van der Waals surface area contributed by atoms with Crippen molar-refractivity contribution in [3.05, 3.63) is 0 Å². The molecule has 4 aliphatic rings. The number of aliphatic hydroxyl groups is 1. The maximum Gasteiger partial charge on any atom is 0.305 e. The molecule has 0 aliphatic heterocycles. The van der Waals surface area contributed by atoms with Crippen molar-refractivity contribution in [2.45, 2.75) is 123 Å². The first-order chi connectivity index (χ1) is 20.2. The minimum Gasteiger partial charge on any atom is -0.469 e. The van der Waals surface area contributed by atoms with Gasteiger partial charge < -0.3 is 30.4 Å². The van der Waals surface area contributed by atoms with Crippen molar-refractivity contribution in [2.75, 3.05) is 46.6 Å². The summed E-state index contributed by atoms with van der Waals surface area (Å²) >= 11 is 0. The zero-order valence-electron chi connectivity index (χ0n) is 27.4. The Morgan fingerprint density at radius 1 is 0.905 bits per heavy atom. The number of hydrogen-bond donors (Lipinski definition) is 3. The molecule has 10 atom stereocenters. The topological polar surface area (TPSA) is 103 Å². The lowest BCUT2D eigenvalue weighted by molar-refractivity contribution is -0.162. The van der Waals surface area contributed by atoms with Gasteiger partial charge in [0.15, 0.2) is 0 Å². The quantitative estimate of drug-likeness (QED) is 0.147. The van der Waals surface area contributed by atoms with Crippen molar-refractivity contribution in [2.24, 2.45) is 52.1 Å². The summed E-state index contributed by atoms with van der Waals surface area (Å²) in [4.78, 5) is 11.8. The molecule has 4 N–H and O–H groups in total. The van der Waals surface area contributed by atoms with E-state index in [1.54, 1.807) is 0 Å². The van der Waals surface area contributed by atoms with E-state index in [4.69, 9.17) is 19.9 Å². The maximum atomic E-state index is 11.8. The van der Waals surface area contributed by atoms with Gasteiger partial charge in [-0.05, 0) is 143 Å². The summed E-state index contributed by atoms with van der Waals surface area (Å²) in [6.45, 7) is 12.3. The Morgan fingerprint density at radius 3 is 2.29 bits per heavy atom. The highest BCUT2D eigenvalue weighted by Gasteiger charge is 2.62. The standard InChI is InChI=1S/C35H64N2O5/c1-25(9-12-33(39)40-4)28-10-11-29-27-24-32(38)31-23-26(13-15-35(31,3)30(27)14-16-34(28,29)2)37-18-8-22-42-20-6-5-19-41-21-7-17-36/h25-32,37-38H,5-24,36H2,1-4H3. The van der Waals surface area contributed by atoms with Crippen LogP contribution in [0.1, 0.15) is 111 Å². The van der Waals surface area contributed by atoms with Crippen LogP contribution in [-0.2, 0) is 19.0 Å². The van der Waals surface area contributed by atoms with E-state index in [1.807, 2.05) is 0 Å². The number of unbranched alkanes of at least 4 members (excludes halogenated alkanes) is 1. The number of methoxy groups -OCH3 is 1. The Balaban J connectivity index is 1.20. The SMILES string of the molecule is COC(=O)CCC(C)C1CCC2C3CC(O)C4CC(NCCCOCCCCOCCCN)CCC4(C)C3CCC12C. The average molecular weight is 593 g/mol. The van der Waals surface area contributed by atoms with Gasteiger partial charge in [0.25, 0.3) is 0 Å². The van der Waals surface area contributed by atoms with Crippen LogP contribution < -0.4 is 11.1 Å². The van der Waals surface area contributed by atoms with Gasteiger partial charge >= 0.3 is 5.97 Å². The second kappa shape index (κ2) is 16.0. The third kappa shape index (κ3) is 7.91. The number of nitrogens with one attached hydrogen (secondary N) is 1. The molecule has 4 saturated carbocycles. The third-order valence-corrected chi connectivity index (χ3v) is 12.7. The first-order valence-electron chi connectivity index (χ1n) is 17.6. The third-order valence-electron chi connectivity index (χ3n) is 12.7. The van der Waals surface area contributed by atoms with Gasteiger partial charge in [0.2, 0.25) is 0 Å². The van der Waals surface area contributed by atoms with E-state index in [1.165, 1.54) is 45.6 Å². The van der Waals surface area contributed by atoms with Gasteiger partial charge in [0.05, 0.1) is 13.2 Å². The minimum atomic E-state index is -0.179. The number of aliphatic hydroxyl groups excluding tert-OH is 1. The molecule has 0 heterocycles. The molecule has 0 saturated heterocycles. The number of ether oxygens (including phenoxy) is 3. The van der Waals surface area contributed by atoms with E-state index in [0.29, 0.717) is 54.0 Å². The molecule has 244 valence electrons. The number of nitrogens with two attached hydrogens (primary N) is 1. The molecule has 0 aromatic carbocycles. The van der Waals surface area contributed by atoms with Crippen LogP contribution in [0.2, 0.25) is 0 Å². The number of carbonyl (C=O) groups excluding carboxylic acids is 1. The molecule has 10 unspecified atom stereocenters. The van der Waals surface area contributed by atoms with Gasteiger partial charge in [0.1, 0.15) is 0 Å². The molecule has 7 nitrogen and oxygen atoms in total. The van der Waals surface area contributed by atoms with Gasteiger partial charge in [-0.3, -0.25) is 4.79 Å². The summed E-state index contributed by atoms with van der Waals surface area (Å²) in [6.07, 6.45) is 15.1. The molecule has 4 aliphatic carbocycles. The van der Waals surface area contributed by atoms with E-state index >= 15 is 0 Å². The van der Waals surface area contributed by atoms with Crippen molar-refractivity contribution in [3.8, 4) is 0 Å². The number of carbonyl (C=O) groups is 1. The minimum absolute atomic E-state index is 0.0789. The van der Waals surface area contributed by atoms with Crippen molar-refractivity contribution in [3.63, 3.8) is 0 Å². The molecular formula is C35H64N2O5. The highest BCUT2D eigenvalue weighted by atomic mass is 16.5. The van der Waals surface area contributed by atoms with Gasteiger partial charge in [-0.1, -0.05) is 20.8 Å². The van der Waals surface area contributed by atoms with Crippen LogP contribution in [0.25, 0.3) is 0 Å². The zero-order chi connectivity index (χ0) is 30.2. The summed E-state index contributed by atoms with van der Waals surface area (Å²) < 4.78 is 16.3. The van der Waals surface area contributed by atoms with Crippen LogP contribution in [0.5, 0.6) is 0 Å². The Morgan fingerprint density at radius 2 is 1.57 bits per heavy atom. The number of fused-ring (bicyclic) bond motifs is 5. The molecule has 42 heavy (non-hydrogen) atoms. The van der Waals surface area contributed by atoms with Gasteiger partial charge in [-0.2, -0.15) is 0 Å². The molecule has 4 fully saturated rings. The van der Waals surface area contributed by atoms with Gasteiger partial charge in [-0.15, -0.1) is 0 Å². The van der Waals surface area contributed by atoms with Crippen LogP contribution in [0.4, 0.5) is 0 Å². The Labute approximate surface area is 256 Å². The summed E-state index contributed by atoms with van der Waals surface area (Å²) in [5, 5.41) is 15.5. The molecule has 4 rings (SSSR count). The van der Waals surface area contributed by atoms with Crippen molar-refractivity contribution in [1.29, 1.82) is 0 Å². The molecular weight excluding hydrogens is 528 g/mol. The number of esters is 1. The Kier molecular flexibility index (Phi) is 13.0. The molecule has 0 radical (unpaired) electrons. The highest BCUT2D eigenvalue weighted by Crippen LogP contribution is 2.68. The van der Waals surface area contributed by atoms with Gasteiger partial charge in [-0.25, -0.2) is 0 Å². The monoisotopic (exact) mass is 592 g/mol. The lowest BCUT2D eigenvalue weighted by Crippen LogP contribution is -2.59. The van der Waals surface area contributed by atoms with E-state index in [0.717, 1.165) is 83.8 Å². The fourth-order valence-corrected chi connectivity index (χ4v) is 10.4. The van der Waals surface area contributed by atoms with Crippen LogP contribution >= 0.6 is 0 Å². The first kappa shape index (κ1) is 34.1. The number of rotatable bonds is 17. The zero-order valence-corrected chi connectivity index (χ0v) is 27.4. The smallest absolute Gasteiger partial charge is 0.305 e. The van der Waals surface area contributed by atoms with Crippen LogP contribution in [0.15, 0.2) is 0 Å². The van der Waals surface area contributed by atoms with Crippen LogP contribution in [0, 0.1) is 46.3 Å². The molecule has 7 heteroatoms. The molecule has 0 bridgehead atoms. The van der Waals surface area contributed by atoms with E-state index in [2.05, 4.69) is 26.1 Å². The lowest BCUT2D eigenvalue weighted by Gasteiger charge is -2.62. The van der Waals surface area contributed by atoms with Crippen LogP contribution in [-0.4, -0.2) is 69.8 Å². The second-order valence-corrected chi connectivity index (χ2v) is 15.0. The van der Waals surface area contributed by atoms with Crippen molar-refractivity contribution in [1.82, 2.24) is 5.32 Å². The summed E-state index contributed by atoms with van der Waals surface area (Å²) in [5.74, 6) is 3.67. The fourth-order valence-electron chi connectivity index (χ4n) is 10.4. The van der Waals surface area contributed by atoms with Crippen LogP contribution in [0.3, 0.4) is 0 Å². The molecule has 0 amide bonds. The molecule has 0 aromatic rings. The highest BCUT2D eigenvalue weighted by molar-refractivity contribution is 5.69.